The molecule has 0 radical (unpaired) electrons. The van der Waals surface area contributed by atoms with Crippen molar-refractivity contribution >= 4 is 0 Å². The summed E-state index contributed by atoms with van der Waals surface area (Å²) in [5.74, 6) is 0. The van der Waals surface area contributed by atoms with E-state index < -0.39 is 0 Å². The number of nitrogens with zero attached hydrogens (tertiary/aromatic N) is 1. The normalized spacial score (nSPS) is 21.5. The third-order valence-corrected chi connectivity index (χ3v) is 2.27. The number of likely N-dealkylation sites (tertiary alicyclic amines) is 1. The topological polar surface area (TPSA) is 35.5 Å². The van der Waals surface area contributed by atoms with E-state index in [9.17, 15) is 0 Å². The Bertz CT molecular complexity index is 111. The fourth-order valence-corrected chi connectivity index (χ4v) is 1.49. The van der Waals surface area contributed by atoms with Crippen LogP contribution in [0.5, 0.6) is 0 Å². The lowest BCUT2D eigenvalue weighted by molar-refractivity contribution is 0.180. The molecule has 12 heavy (non-hydrogen) atoms. The molecule has 1 heterocycles. The van der Waals surface area contributed by atoms with Crippen LogP contribution < -0.4 is 5.32 Å². The summed E-state index contributed by atoms with van der Waals surface area (Å²) in [5.41, 5.74) is 0. The van der Waals surface area contributed by atoms with Crippen molar-refractivity contribution in [3.8, 4) is 0 Å². The Labute approximate surface area is 74.8 Å². The molecule has 2 N–H and O–H groups in total. The molecule has 1 aliphatic heterocycles. The molecule has 0 amide bonds. The highest BCUT2D eigenvalue weighted by atomic mass is 16.3. The molecular formula is C9H20N2O. The summed E-state index contributed by atoms with van der Waals surface area (Å²) >= 11 is 0. The monoisotopic (exact) mass is 172 g/mol. The molecule has 1 atom stereocenters. The molecule has 0 aromatic heterocycles. The summed E-state index contributed by atoms with van der Waals surface area (Å²) in [5, 5.41) is 12.3. The zero-order chi connectivity index (χ0) is 8.81. The van der Waals surface area contributed by atoms with Crippen molar-refractivity contribution in [2.45, 2.75) is 32.3 Å². The molecule has 0 aromatic rings. The minimum absolute atomic E-state index is 0.170. The highest BCUT2D eigenvalue weighted by Gasteiger charge is 2.09. The molecule has 3 nitrogen and oxygen atoms in total. The third kappa shape index (κ3) is 4.04. The summed E-state index contributed by atoms with van der Waals surface area (Å²) in [7, 11) is 0. The average molecular weight is 172 g/mol. The van der Waals surface area contributed by atoms with Crippen LogP contribution in [0.4, 0.5) is 0 Å². The quantitative estimate of drug-likeness (QED) is 0.589. The highest BCUT2D eigenvalue weighted by molar-refractivity contribution is 4.64. The number of aliphatic hydroxyl groups excluding tert-OH is 1. The fourth-order valence-electron chi connectivity index (χ4n) is 1.49. The van der Waals surface area contributed by atoms with Gasteiger partial charge in [-0.15, -0.1) is 0 Å². The third-order valence-electron chi connectivity index (χ3n) is 2.27. The lowest BCUT2D eigenvalue weighted by atomic mass is 10.3. The number of hydrogen-bond donors (Lipinski definition) is 2. The first-order valence-corrected chi connectivity index (χ1v) is 4.90. The van der Waals surface area contributed by atoms with Gasteiger partial charge in [0.2, 0.25) is 0 Å². The van der Waals surface area contributed by atoms with E-state index in [1.807, 2.05) is 6.92 Å². The van der Waals surface area contributed by atoms with Gasteiger partial charge in [0.25, 0.3) is 0 Å². The van der Waals surface area contributed by atoms with Crippen molar-refractivity contribution in [1.29, 1.82) is 0 Å². The van der Waals surface area contributed by atoms with Crippen molar-refractivity contribution in [3.05, 3.63) is 0 Å². The van der Waals surface area contributed by atoms with E-state index in [1.54, 1.807) is 0 Å². The first-order chi connectivity index (χ1) is 5.79. The number of hydrogen-bond acceptors (Lipinski definition) is 3. The Kier molecular flexibility index (Phi) is 4.58. The summed E-state index contributed by atoms with van der Waals surface area (Å²) in [6.45, 7) is 6.22. The van der Waals surface area contributed by atoms with Crippen LogP contribution in [0.2, 0.25) is 0 Å². The number of nitrogens with one attached hydrogen (secondary N) is 1. The minimum atomic E-state index is -0.170. The van der Waals surface area contributed by atoms with Gasteiger partial charge in [0.15, 0.2) is 0 Å². The predicted molar refractivity (Wildman–Crippen MR) is 50.0 cm³/mol. The van der Waals surface area contributed by atoms with Crippen LogP contribution in [0.3, 0.4) is 0 Å². The smallest absolute Gasteiger partial charge is 0.0524 e. The van der Waals surface area contributed by atoms with Crippen LogP contribution in [0, 0.1) is 0 Å². The zero-order valence-electron chi connectivity index (χ0n) is 7.92. The van der Waals surface area contributed by atoms with Crippen molar-refractivity contribution in [2.24, 2.45) is 0 Å². The molecule has 0 aromatic carbocycles. The summed E-state index contributed by atoms with van der Waals surface area (Å²) in [4.78, 5) is 2.42. The van der Waals surface area contributed by atoms with Gasteiger partial charge >= 0.3 is 0 Å². The van der Waals surface area contributed by atoms with Crippen LogP contribution in [0.25, 0.3) is 0 Å². The molecular weight excluding hydrogens is 152 g/mol. The molecule has 1 fully saturated rings. The standard InChI is InChI=1S/C9H20N2O/c1-9(12)4-5-10-8-11-6-2-3-7-11/h9-10,12H,2-8H2,1H3. The van der Waals surface area contributed by atoms with Crippen molar-refractivity contribution in [1.82, 2.24) is 10.2 Å². The van der Waals surface area contributed by atoms with Crippen molar-refractivity contribution in [2.75, 3.05) is 26.3 Å². The Morgan fingerprint density at radius 1 is 1.42 bits per heavy atom. The van der Waals surface area contributed by atoms with Crippen LogP contribution in [-0.2, 0) is 0 Å². The van der Waals surface area contributed by atoms with Gasteiger partial charge in [-0.05, 0) is 45.8 Å². The summed E-state index contributed by atoms with van der Waals surface area (Å²) in [6, 6.07) is 0. The van der Waals surface area contributed by atoms with Gasteiger partial charge in [0.1, 0.15) is 0 Å². The van der Waals surface area contributed by atoms with Crippen LogP contribution in [0.15, 0.2) is 0 Å². The van der Waals surface area contributed by atoms with Gasteiger partial charge in [0, 0.05) is 6.67 Å². The largest absolute Gasteiger partial charge is 0.393 e. The van der Waals surface area contributed by atoms with Crippen LogP contribution in [0.1, 0.15) is 26.2 Å². The molecule has 0 bridgehead atoms. The van der Waals surface area contributed by atoms with Gasteiger partial charge in [-0.1, -0.05) is 0 Å². The Hall–Kier alpha value is -0.120. The van der Waals surface area contributed by atoms with Crippen LogP contribution >= 0.6 is 0 Å². The molecule has 3 heteroatoms. The second-order valence-corrected chi connectivity index (χ2v) is 3.62. The second kappa shape index (κ2) is 5.51. The van der Waals surface area contributed by atoms with Crippen LogP contribution in [-0.4, -0.2) is 42.4 Å². The SMILES string of the molecule is CC(O)CCNCN1CCCC1. The molecule has 1 rings (SSSR count). The molecule has 0 spiro atoms. The Morgan fingerprint density at radius 2 is 2.08 bits per heavy atom. The van der Waals surface area contributed by atoms with Crippen molar-refractivity contribution < 1.29 is 5.11 Å². The van der Waals surface area contributed by atoms with Gasteiger partial charge in [-0.25, -0.2) is 0 Å². The average Bonchev–Trinajstić information content (AvgIpc) is 2.49. The molecule has 0 saturated carbocycles. The van der Waals surface area contributed by atoms with E-state index >= 15 is 0 Å². The van der Waals surface area contributed by atoms with E-state index in [-0.39, 0.29) is 6.10 Å². The predicted octanol–water partition coefficient (Wildman–Crippen LogP) is 0.400. The molecule has 1 aliphatic rings. The van der Waals surface area contributed by atoms with E-state index in [0.29, 0.717) is 0 Å². The lowest BCUT2D eigenvalue weighted by Crippen LogP contribution is -2.33. The van der Waals surface area contributed by atoms with Gasteiger partial charge < -0.3 is 10.4 Å². The maximum absolute atomic E-state index is 8.99. The Balaban J connectivity index is 1.88. The summed E-state index contributed by atoms with van der Waals surface area (Å²) < 4.78 is 0. The first kappa shape index (κ1) is 9.96. The van der Waals surface area contributed by atoms with Crippen molar-refractivity contribution in [3.63, 3.8) is 0 Å². The maximum Gasteiger partial charge on any atom is 0.0524 e. The molecule has 1 unspecified atom stereocenters. The highest BCUT2D eigenvalue weighted by Crippen LogP contribution is 2.04. The number of rotatable bonds is 5. The molecule has 1 saturated heterocycles. The zero-order valence-corrected chi connectivity index (χ0v) is 7.92. The van der Waals surface area contributed by atoms with E-state index in [1.165, 1.54) is 25.9 Å². The van der Waals surface area contributed by atoms with Gasteiger partial charge in [-0.3, -0.25) is 4.90 Å². The minimum Gasteiger partial charge on any atom is -0.393 e. The first-order valence-electron chi connectivity index (χ1n) is 4.90. The maximum atomic E-state index is 8.99. The van der Waals surface area contributed by atoms with E-state index in [2.05, 4.69) is 10.2 Å². The van der Waals surface area contributed by atoms with E-state index in [0.717, 1.165) is 19.6 Å². The Morgan fingerprint density at radius 3 is 2.67 bits per heavy atom. The summed E-state index contributed by atoms with van der Waals surface area (Å²) in [6.07, 6.45) is 3.38. The van der Waals surface area contributed by atoms with E-state index in [4.69, 9.17) is 5.11 Å². The molecule has 0 aliphatic carbocycles. The fraction of sp³-hybridized carbons (Fsp3) is 1.00. The van der Waals surface area contributed by atoms with Gasteiger partial charge in [-0.2, -0.15) is 0 Å². The van der Waals surface area contributed by atoms with Gasteiger partial charge in [0.05, 0.1) is 6.10 Å². The number of aliphatic hydroxyl groups is 1. The second-order valence-electron chi connectivity index (χ2n) is 3.62. The lowest BCUT2D eigenvalue weighted by Gasteiger charge is -2.15. The molecule has 72 valence electrons.